The maximum Gasteiger partial charge on any atom is 0.247 e. The van der Waals surface area contributed by atoms with Crippen molar-refractivity contribution >= 4 is 34.7 Å². The van der Waals surface area contributed by atoms with E-state index in [0.29, 0.717) is 6.04 Å². The molecule has 0 unspecified atom stereocenters. The van der Waals surface area contributed by atoms with Crippen LogP contribution in [0.3, 0.4) is 0 Å². The second kappa shape index (κ2) is 5.72. The summed E-state index contributed by atoms with van der Waals surface area (Å²) in [5, 5.41) is 4.08. The van der Waals surface area contributed by atoms with E-state index in [4.69, 9.17) is 0 Å². The van der Waals surface area contributed by atoms with Crippen molar-refractivity contribution in [2.24, 2.45) is 0 Å². The predicted octanol–water partition coefficient (Wildman–Crippen LogP) is 4.01. The lowest BCUT2D eigenvalue weighted by Crippen LogP contribution is -2.30. The first-order valence-electron chi connectivity index (χ1n) is 6.37. The lowest BCUT2D eigenvalue weighted by molar-refractivity contribution is -0.127. The molecule has 1 amide bonds. The van der Waals surface area contributed by atoms with Gasteiger partial charge in [0.05, 0.1) is 6.54 Å². The molecule has 2 heterocycles. The number of carbonyl (C=O) groups is 1. The van der Waals surface area contributed by atoms with Crippen LogP contribution in [-0.4, -0.2) is 16.8 Å². The van der Waals surface area contributed by atoms with Crippen LogP contribution in [0.25, 0.3) is 6.08 Å². The number of hydrogen-bond acceptors (Lipinski definition) is 3. The molecule has 1 fully saturated rings. The molecule has 1 aliphatic carbocycles. The third-order valence-electron chi connectivity index (χ3n) is 3.11. The van der Waals surface area contributed by atoms with Gasteiger partial charge in [-0.2, -0.15) is 0 Å². The molecule has 2 aromatic heterocycles. The van der Waals surface area contributed by atoms with Gasteiger partial charge in [0.1, 0.15) is 0 Å². The summed E-state index contributed by atoms with van der Waals surface area (Å²) in [5.41, 5.74) is 0. The summed E-state index contributed by atoms with van der Waals surface area (Å²) in [4.78, 5) is 16.7. The van der Waals surface area contributed by atoms with Crippen molar-refractivity contribution in [1.82, 2.24) is 4.90 Å². The Hall–Kier alpha value is -1.39. The Balaban J connectivity index is 1.68. The third kappa shape index (κ3) is 3.33. The second-order valence-corrected chi connectivity index (χ2v) is 6.64. The SMILES string of the molecule is O=C(/C=C/c1cccs1)N(Cc1cccs1)C1CC1. The van der Waals surface area contributed by atoms with E-state index >= 15 is 0 Å². The molecule has 0 aliphatic heterocycles. The highest BCUT2D eigenvalue weighted by Crippen LogP contribution is 2.29. The van der Waals surface area contributed by atoms with Crippen molar-refractivity contribution in [2.75, 3.05) is 0 Å². The smallest absolute Gasteiger partial charge is 0.247 e. The van der Waals surface area contributed by atoms with Gasteiger partial charge in [-0.05, 0) is 41.8 Å². The zero-order valence-electron chi connectivity index (χ0n) is 10.5. The van der Waals surface area contributed by atoms with Gasteiger partial charge in [0.25, 0.3) is 0 Å². The average molecular weight is 289 g/mol. The van der Waals surface area contributed by atoms with Crippen LogP contribution in [0.4, 0.5) is 0 Å². The Morgan fingerprint density at radius 3 is 2.68 bits per heavy atom. The first-order valence-corrected chi connectivity index (χ1v) is 8.13. The van der Waals surface area contributed by atoms with E-state index in [1.54, 1.807) is 28.7 Å². The molecule has 0 radical (unpaired) electrons. The minimum absolute atomic E-state index is 0.129. The van der Waals surface area contributed by atoms with E-state index in [0.717, 1.165) is 24.3 Å². The molecule has 0 N–H and O–H groups in total. The van der Waals surface area contributed by atoms with Crippen LogP contribution in [0, 0.1) is 0 Å². The van der Waals surface area contributed by atoms with Gasteiger partial charge < -0.3 is 4.90 Å². The molecule has 2 nitrogen and oxygen atoms in total. The normalized spacial score (nSPS) is 14.9. The zero-order chi connectivity index (χ0) is 13.1. The van der Waals surface area contributed by atoms with Gasteiger partial charge in [-0.15, -0.1) is 22.7 Å². The molecular weight excluding hydrogens is 274 g/mol. The Bertz CT molecular complexity index is 553. The molecule has 1 aliphatic rings. The van der Waals surface area contributed by atoms with Crippen molar-refractivity contribution in [3.05, 3.63) is 50.9 Å². The fraction of sp³-hybridized carbons (Fsp3) is 0.267. The molecule has 3 rings (SSSR count). The fourth-order valence-electron chi connectivity index (χ4n) is 1.98. The van der Waals surface area contributed by atoms with Crippen molar-refractivity contribution in [2.45, 2.75) is 25.4 Å². The standard InChI is InChI=1S/C15H15NOS2/c17-15(8-7-13-3-1-9-18-13)16(12-5-6-12)11-14-4-2-10-19-14/h1-4,7-10,12H,5-6,11H2/b8-7+. The molecule has 98 valence electrons. The molecule has 0 bridgehead atoms. The molecule has 0 aromatic carbocycles. The molecule has 4 heteroatoms. The highest BCUT2D eigenvalue weighted by Gasteiger charge is 2.31. The number of thiophene rings is 2. The summed E-state index contributed by atoms with van der Waals surface area (Å²) < 4.78 is 0. The van der Waals surface area contributed by atoms with Crippen molar-refractivity contribution in [3.8, 4) is 0 Å². The minimum atomic E-state index is 0.129. The summed E-state index contributed by atoms with van der Waals surface area (Å²) in [6.07, 6.45) is 5.91. The first kappa shape index (κ1) is 12.6. The van der Waals surface area contributed by atoms with Gasteiger partial charge in [0.15, 0.2) is 0 Å². The largest absolute Gasteiger partial charge is 0.331 e. The topological polar surface area (TPSA) is 20.3 Å². The van der Waals surface area contributed by atoms with Gasteiger partial charge in [-0.1, -0.05) is 12.1 Å². The van der Waals surface area contributed by atoms with Gasteiger partial charge in [-0.25, -0.2) is 0 Å². The molecule has 19 heavy (non-hydrogen) atoms. The zero-order valence-corrected chi connectivity index (χ0v) is 12.1. The lowest BCUT2D eigenvalue weighted by Gasteiger charge is -2.19. The van der Waals surface area contributed by atoms with Crippen LogP contribution < -0.4 is 0 Å². The molecule has 0 atom stereocenters. The van der Waals surface area contributed by atoms with Gasteiger partial charge in [0.2, 0.25) is 5.91 Å². The van der Waals surface area contributed by atoms with E-state index in [9.17, 15) is 4.79 Å². The number of rotatable bonds is 5. The van der Waals surface area contributed by atoms with Gasteiger partial charge >= 0.3 is 0 Å². The maximum absolute atomic E-state index is 12.3. The van der Waals surface area contributed by atoms with Crippen molar-refractivity contribution < 1.29 is 4.79 Å². The highest BCUT2D eigenvalue weighted by atomic mass is 32.1. The summed E-state index contributed by atoms with van der Waals surface area (Å²) in [5.74, 6) is 0.129. The summed E-state index contributed by atoms with van der Waals surface area (Å²) >= 11 is 3.36. The second-order valence-electron chi connectivity index (χ2n) is 4.63. The van der Waals surface area contributed by atoms with E-state index in [1.807, 2.05) is 34.6 Å². The van der Waals surface area contributed by atoms with E-state index in [1.165, 1.54) is 4.88 Å². The van der Waals surface area contributed by atoms with E-state index in [2.05, 4.69) is 11.4 Å². The van der Waals surface area contributed by atoms with E-state index in [-0.39, 0.29) is 5.91 Å². The van der Waals surface area contributed by atoms with Gasteiger partial charge in [-0.3, -0.25) is 4.79 Å². The quantitative estimate of drug-likeness (QED) is 0.761. The third-order valence-corrected chi connectivity index (χ3v) is 4.81. The van der Waals surface area contributed by atoms with E-state index < -0.39 is 0 Å². The Kier molecular flexibility index (Phi) is 3.80. The Labute approximate surface area is 121 Å². The number of amides is 1. The molecule has 1 saturated carbocycles. The van der Waals surface area contributed by atoms with Crippen molar-refractivity contribution in [3.63, 3.8) is 0 Å². The minimum Gasteiger partial charge on any atom is -0.331 e. The van der Waals surface area contributed by atoms with Crippen LogP contribution >= 0.6 is 22.7 Å². The molecule has 0 saturated heterocycles. The molecular formula is C15H15NOS2. The Morgan fingerprint density at radius 2 is 2.05 bits per heavy atom. The van der Waals surface area contributed by atoms with Crippen LogP contribution in [-0.2, 0) is 11.3 Å². The van der Waals surface area contributed by atoms with Crippen LogP contribution in [0.2, 0.25) is 0 Å². The monoisotopic (exact) mass is 289 g/mol. The van der Waals surface area contributed by atoms with Crippen LogP contribution in [0.5, 0.6) is 0 Å². The summed E-state index contributed by atoms with van der Waals surface area (Å²) in [7, 11) is 0. The number of nitrogens with zero attached hydrogens (tertiary/aromatic N) is 1. The lowest BCUT2D eigenvalue weighted by atomic mass is 10.3. The highest BCUT2D eigenvalue weighted by molar-refractivity contribution is 7.10. The number of carbonyl (C=O) groups excluding carboxylic acids is 1. The maximum atomic E-state index is 12.3. The molecule has 2 aromatic rings. The molecule has 0 spiro atoms. The predicted molar refractivity (Wildman–Crippen MR) is 81.2 cm³/mol. The first-order chi connectivity index (χ1) is 9.33. The Morgan fingerprint density at radius 1 is 1.26 bits per heavy atom. The van der Waals surface area contributed by atoms with Crippen LogP contribution in [0.1, 0.15) is 22.6 Å². The fourth-order valence-corrected chi connectivity index (χ4v) is 3.30. The summed E-state index contributed by atoms with van der Waals surface area (Å²) in [6, 6.07) is 8.60. The number of hydrogen-bond donors (Lipinski definition) is 0. The van der Waals surface area contributed by atoms with Gasteiger partial charge in [0, 0.05) is 21.9 Å². The average Bonchev–Trinajstić information content (AvgIpc) is 2.94. The van der Waals surface area contributed by atoms with Crippen LogP contribution in [0.15, 0.2) is 41.1 Å². The van der Waals surface area contributed by atoms with Crippen molar-refractivity contribution in [1.29, 1.82) is 0 Å². The summed E-state index contributed by atoms with van der Waals surface area (Å²) in [6.45, 7) is 0.746.